The quantitative estimate of drug-likeness (QED) is 0.437. The van der Waals surface area contributed by atoms with Gasteiger partial charge in [0.25, 0.3) is 0 Å². The molecule has 0 aromatic heterocycles. The van der Waals surface area contributed by atoms with Crippen LogP contribution in [0.5, 0.6) is 0 Å². The molecule has 2 rings (SSSR count). The van der Waals surface area contributed by atoms with Crippen LogP contribution in [-0.4, -0.2) is 23.2 Å². The predicted molar refractivity (Wildman–Crippen MR) is 54.9 cm³/mol. The number of carbonyl (C=O) groups excluding carboxylic acids is 2. The maximum atomic E-state index is 12.0. The first-order valence-electron chi connectivity index (χ1n) is 4.56. The van der Waals surface area contributed by atoms with Crippen molar-refractivity contribution < 1.29 is 14.3 Å². The van der Waals surface area contributed by atoms with E-state index in [0.29, 0.717) is 5.56 Å². The zero-order chi connectivity index (χ0) is 10.9. The number of esters is 1. The summed E-state index contributed by atoms with van der Waals surface area (Å²) in [5, 5.41) is 0. The molecule has 0 saturated carbocycles. The number of rotatable bonds is 2. The van der Waals surface area contributed by atoms with Crippen molar-refractivity contribution >= 4 is 23.4 Å². The van der Waals surface area contributed by atoms with E-state index >= 15 is 0 Å². The molecular weight excluding hydrogens is 216 g/mol. The minimum Gasteiger partial charge on any atom is -0.463 e. The Bertz CT molecular complexity index is 402. The van der Waals surface area contributed by atoms with Gasteiger partial charge < -0.3 is 4.74 Å². The molecule has 1 saturated heterocycles. The monoisotopic (exact) mass is 224 g/mol. The number of Topliss-reactive ketones (excluding diaryl/α,β-unsaturated/α-hetero) is 1. The lowest BCUT2D eigenvalue weighted by molar-refractivity contribution is -0.137. The molecular formula is C11H9ClO3. The molecule has 0 spiro atoms. The highest BCUT2D eigenvalue weighted by molar-refractivity contribution is 6.39. The van der Waals surface area contributed by atoms with Crippen LogP contribution in [0.3, 0.4) is 0 Å². The fraction of sp³-hybridized carbons (Fsp3) is 0.273. The average Bonchev–Trinajstić information content (AvgIpc) is 2.60. The lowest BCUT2D eigenvalue weighted by Crippen LogP contribution is -2.33. The molecule has 1 aromatic carbocycles. The Morgan fingerprint density at radius 3 is 2.53 bits per heavy atom. The average molecular weight is 225 g/mol. The highest BCUT2D eigenvalue weighted by Gasteiger charge is 2.45. The first-order valence-corrected chi connectivity index (χ1v) is 4.94. The van der Waals surface area contributed by atoms with Crippen molar-refractivity contribution in [2.75, 3.05) is 6.61 Å². The summed E-state index contributed by atoms with van der Waals surface area (Å²) < 4.78 is 4.72. The molecule has 1 aliphatic heterocycles. The fourth-order valence-corrected chi connectivity index (χ4v) is 1.79. The van der Waals surface area contributed by atoms with Gasteiger partial charge in [0.2, 0.25) is 0 Å². The SMILES string of the molecule is O=C1CC(Cl)(C(=O)c2ccccc2)CO1. The summed E-state index contributed by atoms with van der Waals surface area (Å²) in [7, 11) is 0. The number of benzene rings is 1. The van der Waals surface area contributed by atoms with E-state index in [1.54, 1.807) is 24.3 Å². The second kappa shape index (κ2) is 3.66. The second-order valence-corrected chi connectivity index (χ2v) is 4.22. The number of hydrogen-bond donors (Lipinski definition) is 0. The first-order chi connectivity index (χ1) is 7.12. The van der Waals surface area contributed by atoms with E-state index < -0.39 is 10.8 Å². The van der Waals surface area contributed by atoms with Crippen molar-refractivity contribution in [2.45, 2.75) is 11.3 Å². The Kier molecular flexibility index (Phi) is 2.49. The summed E-state index contributed by atoms with van der Waals surface area (Å²) >= 11 is 6.06. The molecule has 0 amide bonds. The van der Waals surface area contributed by atoms with Crippen LogP contribution in [0, 0.1) is 0 Å². The van der Waals surface area contributed by atoms with Crippen LogP contribution >= 0.6 is 11.6 Å². The van der Waals surface area contributed by atoms with Crippen LogP contribution in [0.1, 0.15) is 16.8 Å². The van der Waals surface area contributed by atoms with E-state index in [9.17, 15) is 9.59 Å². The summed E-state index contributed by atoms with van der Waals surface area (Å²) in [6, 6.07) is 8.68. The van der Waals surface area contributed by atoms with E-state index in [-0.39, 0.29) is 18.8 Å². The van der Waals surface area contributed by atoms with Crippen LogP contribution in [0.15, 0.2) is 30.3 Å². The van der Waals surface area contributed by atoms with Crippen LogP contribution in [0.4, 0.5) is 0 Å². The molecule has 1 fully saturated rings. The van der Waals surface area contributed by atoms with E-state index in [1.807, 2.05) is 6.07 Å². The standard InChI is InChI=1S/C11H9ClO3/c12-11(6-9(13)15-7-11)10(14)8-4-2-1-3-5-8/h1-5H,6-7H2. The number of ketones is 1. The molecule has 1 aromatic rings. The molecule has 0 N–H and O–H groups in total. The molecule has 0 bridgehead atoms. The normalized spacial score (nSPS) is 25.0. The number of hydrogen-bond acceptors (Lipinski definition) is 3. The van der Waals surface area contributed by atoms with Gasteiger partial charge in [0, 0.05) is 5.56 Å². The number of halogens is 1. The highest BCUT2D eigenvalue weighted by atomic mass is 35.5. The molecule has 0 aliphatic carbocycles. The van der Waals surface area contributed by atoms with Gasteiger partial charge in [0.15, 0.2) is 10.7 Å². The third-order valence-corrected chi connectivity index (χ3v) is 2.74. The summed E-state index contributed by atoms with van der Waals surface area (Å²) in [6.45, 7) is -0.0406. The van der Waals surface area contributed by atoms with Crippen molar-refractivity contribution in [2.24, 2.45) is 0 Å². The molecule has 1 atom stereocenters. The van der Waals surface area contributed by atoms with Crippen molar-refractivity contribution in [3.05, 3.63) is 35.9 Å². The maximum absolute atomic E-state index is 12.0. The number of alkyl halides is 1. The highest BCUT2D eigenvalue weighted by Crippen LogP contribution is 2.30. The minimum absolute atomic E-state index is 0.0406. The van der Waals surface area contributed by atoms with Gasteiger partial charge in [-0.1, -0.05) is 30.3 Å². The Morgan fingerprint density at radius 1 is 1.33 bits per heavy atom. The van der Waals surface area contributed by atoms with Gasteiger partial charge in [0.05, 0.1) is 6.42 Å². The molecule has 15 heavy (non-hydrogen) atoms. The maximum Gasteiger partial charge on any atom is 0.308 e. The zero-order valence-corrected chi connectivity index (χ0v) is 8.66. The Morgan fingerprint density at radius 2 is 2.00 bits per heavy atom. The Balaban J connectivity index is 2.25. The fourth-order valence-electron chi connectivity index (χ4n) is 1.52. The summed E-state index contributed by atoms with van der Waals surface area (Å²) in [6.07, 6.45) is -0.0533. The van der Waals surface area contributed by atoms with Crippen molar-refractivity contribution in [1.29, 1.82) is 0 Å². The summed E-state index contributed by atoms with van der Waals surface area (Å²) in [4.78, 5) is 21.7. The van der Waals surface area contributed by atoms with E-state index in [1.165, 1.54) is 0 Å². The third kappa shape index (κ3) is 1.88. The molecule has 78 valence electrons. The van der Waals surface area contributed by atoms with Gasteiger partial charge in [-0.2, -0.15) is 0 Å². The van der Waals surface area contributed by atoms with Gasteiger partial charge in [-0.15, -0.1) is 11.6 Å². The van der Waals surface area contributed by atoms with E-state index in [4.69, 9.17) is 16.3 Å². The first kappa shape index (κ1) is 10.2. The van der Waals surface area contributed by atoms with Crippen LogP contribution < -0.4 is 0 Å². The van der Waals surface area contributed by atoms with Crippen LogP contribution in [0.25, 0.3) is 0 Å². The van der Waals surface area contributed by atoms with Gasteiger partial charge >= 0.3 is 5.97 Å². The lowest BCUT2D eigenvalue weighted by Gasteiger charge is -2.15. The van der Waals surface area contributed by atoms with Crippen molar-refractivity contribution in [3.63, 3.8) is 0 Å². The lowest BCUT2D eigenvalue weighted by atomic mass is 9.96. The van der Waals surface area contributed by atoms with Gasteiger partial charge in [0.1, 0.15) is 6.61 Å². The number of ether oxygens (including phenoxy) is 1. The Labute approximate surface area is 92.0 Å². The van der Waals surface area contributed by atoms with E-state index in [2.05, 4.69) is 0 Å². The minimum atomic E-state index is -1.21. The van der Waals surface area contributed by atoms with Crippen LogP contribution in [-0.2, 0) is 9.53 Å². The van der Waals surface area contributed by atoms with E-state index in [0.717, 1.165) is 0 Å². The number of carbonyl (C=O) groups is 2. The van der Waals surface area contributed by atoms with Gasteiger partial charge in [-0.3, -0.25) is 9.59 Å². The van der Waals surface area contributed by atoms with Gasteiger partial charge in [-0.25, -0.2) is 0 Å². The zero-order valence-electron chi connectivity index (χ0n) is 7.90. The molecule has 3 nitrogen and oxygen atoms in total. The third-order valence-electron chi connectivity index (χ3n) is 2.33. The summed E-state index contributed by atoms with van der Waals surface area (Å²) in [5.74, 6) is -0.676. The van der Waals surface area contributed by atoms with Crippen molar-refractivity contribution in [1.82, 2.24) is 0 Å². The molecule has 4 heteroatoms. The number of cyclic esters (lactones) is 1. The molecule has 1 heterocycles. The molecule has 1 unspecified atom stereocenters. The smallest absolute Gasteiger partial charge is 0.308 e. The molecule has 1 aliphatic rings. The van der Waals surface area contributed by atoms with Crippen LogP contribution in [0.2, 0.25) is 0 Å². The second-order valence-electron chi connectivity index (χ2n) is 3.50. The van der Waals surface area contributed by atoms with Gasteiger partial charge in [-0.05, 0) is 0 Å². The topological polar surface area (TPSA) is 43.4 Å². The Hall–Kier alpha value is -1.35. The summed E-state index contributed by atoms with van der Waals surface area (Å²) in [5.41, 5.74) is 0.505. The largest absolute Gasteiger partial charge is 0.463 e. The predicted octanol–water partition coefficient (Wildman–Crippen LogP) is 1.79. The molecule has 0 radical (unpaired) electrons. The van der Waals surface area contributed by atoms with Crippen molar-refractivity contribution in [3.8, 4) is 0 Å².